The Kier molecular flexibility index (Phi) is 7.28. The molecule has 0 radical (unpaired) electrons. The molecule has 6 rings (SSSR count). The highest BCUT2D eigenvalue weighted by molar-refractivity contribution is 7.93. The van der Waals surface area contributed by atoms with E-state index in [-0.39, 0.29) is 5.69 Å². The summed E-state index contributed by atoms with van der Waals surface area (Å²) in [7, 11) is -5.73. The van der Waals surface area contributed by atoms with Crippen LogP contribution in [0.5, 0.6) is 0 Å². The van der Waals surface area contributed by atoms with E-state index in [9.17, 15) is 21.6 Å². The number of hydrogen-bond acceptors (Lipinski definition) is 2. The molecule has 0 aliphatic heterocycles. The fourth-order valence-corrected chi connectivity index (χ4v) is 6.20. The van der Waals surface area contributed by atoms with Crippen molar-refractivity contribution in [2.75, 3.05) is 4.72 Å². The van der Waals surface area contributed by atoms with Crippen molar-refractivity contribution in [3.63, 3.8) is 0 Å². The Morgan fingerprint density at radius 3 is 1.33 bits per heavy atom. The number of sulfonamides is 1. The van der Waals surface area contributed by atoms with Crippen molar-refractivity contribution in [3.8, 4) is 44.5 Å². The molecule has 43 heavy (non-hydrogen) atoms. The molecule has 0 saturated heterocycles. The van der Waals surface area contributed by atoms with Gasteiger partial charge in [-0.25, -0.2) is 0 Å². The highest BCUT2D eigenvalue weighted by Crippen LogP contribution is 2.53. The Morgan fingerprint density at radius 2 is 0.907 bits per heavy atom. The van der Waals surface area contributed by atoms with Crippen LogP contribution in [-0.4, -0.2) is 13.9 Å². The summed E-state index contributed by atoms with van der Waals surface area (Å²) < 4.78 is 68.4. The lowest BCUT2D eigenvalue weighted by Crippen LogP contribution is -2.30. The van der Waals surface area contributed by atoms with Gasteiger partial charge in [-0.15, -0.1) is 0 Å². The third-order valence-corrected chi connectivity index (χ3v) is 8.45. The first-order chi connectivity index (χ1) is 20.7. The van der Waals surface area contributed by atoms with Gasteiger partial charge >= 0.3 is 15.5 Å². The van der Waals surface area contributed by atoms with Gasteiger partial charge in [0.05, 0.1) is 5.69 Å². The van der Waals surface area contributed by atoms with Gasteiger partial charge in [-0.1, -0.05) is 127 Å². The molecule has 7 heteroatoms. The zero-order valence-electron chi connectivity index (χ0n) is 23.1. The van der Waals surface area contributed by atoms with E-state index < -0.39 is 15.5 Å². The molecule has 0 aliphatic carbocycles. The van der Waals surface area contributed by atoms with Crippen molar-refractivity contribution >= 4 is 26.5 Å². The second-order valence-electron chi connectivity index (χ2n) is 10.3. The van der Waals surface area contributed by atoms with Gasteiger partial charge in [0.1, 0.15) is 0 Å². The third kappa shape index (κ3) is 5.28. The Hall–Kier alpha value is -4.88. The fraction of sp³-hybridized carbons (Fsp3) is 0.0556. The second-order valence-corrected chi connectivity index (χ2v) is 11.9. The highest BCUT2D eigenvalue weighted by Gasteiger charge is 2.46. The quantitative estimate of drug-likeness (QED) is 0.209. The SMILES string of the molecule is Cc1cc(NS(=O)(=O)C(F)(F)F)c2c(-c3ccccc3)c(-c3ccccc3)c(-c3ccccc3)c(-c3ccccc3)c2c1. The molecule has 0 unspecified atom stereocenters. The summed E-state index contributed by atoms with van der Waals surface area (Å²) in [4.78, 5) is 0. The van der Waals surface area contributed by atoms with Crippen molar-refractivity contribution < 1.29 is 21.6 Å². The Bertz CT molecular complexity index is 2030. The molecule has 0 bridgehead atoms. The number of benzene rings is 6. The third-order valence-electron chi connectivity index (χ3n) is 7.35. The summed E-state index contributed by atoms with van der Waals surface area (Å²) in [5, 5.41) is 1.01. The Balaban J connectivity index is 1.93. The van der Waals surface area contributed by atoms with Crippen LogP contribution in [0.3, 0.4) is 0 Å². The maximum atomic E-state index is 13.8. The lowest BCUT2D eigenvalue weighted by atomic mass is 9.78. The number of fused-ring (bicyclic) bond motifs is 1. The molecule has 0 amide bonds. The van der Waals surface area contributed by atoms with Crippen molar-refractivity contribution in [1.82, 2.24) is 0 Å². The summed E-state index contributed by atoms with van der Waals surface area (Å²) in [6.07, 6.45) is 0. The monoisotopic (exact) mass is 593 g/mol. The predicted molar refractivity (Wildman–Crippen MR) is 169 cm³/mol. The van der Waals surface area contributed by atoms with Crippen LogP contribution >= 0.6 is 0 Å². The molecule has 0 atom stereocenters. The second kappa shape index (κ2) is 11.1. The van der Waals surface area contributed by atoms with Gasteiger partial charge in [-0.2, -0.15) is 21.6 Å². The molecule has 6 aromatic carbocycles. The van der Waals surface area contributed by atoms with Crippen LogP contribution in [0.1, 0.15) is 5.56 Å². The average molecular weight is 594 g/mol. The number of halogens is 3. The Labute approximate surface area is 248 Å². The molecule has 0 aromatic heterocycles. The minimum atomic E-state index is -5.73. The largest absolute Gasteiger partial charge is 0.516 e. The zero-order chi connectivity index (χ0) is 30.2. The van der Waals surface area contributed by atoms with Crippen LogP contribution in [0.2, 0.25) is 0 Å². The van der Waals surface area contributed by atoms with Crippen molar-refractivity contribution in [2.24, 2.45) is 0 Å². The standard InChI is InChI=1S/C36H26F3NO2S/c1-24-22-29-31(25-14-6-2-7-15-25)32(26-16-8-3-9-17-26)33(27-18-10-4-11-19-27)34(28-20-12-5-13-21-28)35(29)30(23-24)40-43(41,42)36(37,38)39/h2-23,40H,1H3. The van der Waals surface area contributed by atoms with Crippen molar-refractivity contribution in [3.05, 3.63) is 139 Å². The summed E-state index contributed by atoms with van der Waals surface area (Å²) in [5.41, 5.74) is 1.39. The van der Waals surface area contributed by atoms with E-state index in [0.29, 0.717) is 21.9 Å². The van der Waals surface area contributed by atoms with Crippen LogP contribution in [0.15, 0.2) is 133 Å². The van der Waals surface area contributed by atoms with E-state index in [2.05, 4.69) is 0 Å². The maximum Gasteiger partial charge on any atom is 0.516 e. The van der Waals surface area contributed by atoms with Crippen LogP contribution in [-0.2, 0) is 10.0 Å². The topological polar surface area (TPSA) is 46.2 Å². The summed E-state index contributed by atoms with van der Waals surface area (Å²) in [6.45, 7) is 1.75. The van der Waals surface area contributed by atoms with Gasteiger partial charge in [-0.3, -0.25) is 4.72 Å². The first kappa shape index (κ1) is 28.2. The van der Waals surface area contributed by atoms with E-state index in [4.69, 9.17) is 0 Å². The molecule has 0 saturated carbocycles. The molecular formula is C36H26F3NO2S. The molecule has 0 fully saturated rings. The summed E-state index contributed by atoms with van der Waals surface area (Å²) in [5.74, 6) is 0. The number of alkyl halides is 3. The zero-order valence-corrected chi connectivity index (χ0v) is 23.9. The lowest BCUT2D eigenvalue weighted by Gasteiger charge is -2.26. The van der Waals surface area contributed by atoms with Crippen LogP contribution in [0.25, 0.3) is 55.3 Å². The molecule has 1 N–H and O–H groups in total. The van der Waals surface area contributed by atoms with E-state index in [1.807, 2.05) is 132 Å². The predicted octanol–water partition coefficient (Wildman–Crippen LogP) is 10.1. The molecular weight excluding hydrogens is 567 g/mol. The van der Waals surface area contributed by atoms with Crippen LogP contribution in [0, 0.1) is 6.92 Å². The number of rotatable bonds is 6. The summed E-state index contributed by atoms with van der Waals surface area (Å²) >= 11 is 0. The minimum absolute atomic E-state index is 0.139. The average Bonchev–Trinajstić information content (AvgIpc) is 3.01. The van der Waals surface area contributed by atoms with Crippen molar-refractivity contribution in [2.45, 2.75) is 12.4 Å². The molecule has 214 valence electrons. The minimum Gasteiger partial charge on any atom is -0.275 e. The van der Waals surface area contributed by atoms with Gasteiger partial charge < -0.3 is 0 Å². The smallest absolute Gasteiger partial charge is 0.275 e. The van der Waals surface area contributed by atoms with Gasteiger partial charge in [0.15, 0.2) is 0 Å². The molecule has 0 spiro atoms. The van der Waals surface area contributed by atoms with Gasteiger partial charge in [0, 0.05) is 10.9 Å². The van der Waals surface area contributed by atoms with Crippen molar-refractivity contribution in [1.29, 1.82) is 0 Å². The molecule has 0 aliphatic rings. The fourth-order valence-electron chi connectivity index (χ4n) is 5.63. The van der Waals surface area contributed by atoms with E-state index in [1.54, 1.807) is 6.92 Å². The number of hydrogen-bond donors (Lipinski definition) is 1. The molecule has 3 nitrogen and oxygen atoms in total. The number of anilines is 1. The lowest BCUT2D eigenvalue weighted by molar-refractivity contribution is -0.0429. The van der Waals surface area contributed by atoms with Crippen LogP contribution in [0.4, 0.5) is 18.9 Å². The first-order valence-electron chi connectivity index (χ1n) is 13.6. The molecule has 6 aromatic rings. The van der Waals surface area contributed by atoms with Gasteiger partial charge in [0.2, 0.25) is 0 Å². The van der Waals surface area contributed by atoms with E-state index in [1.165, 1.54) is 6.07 Å². The van der Waals surface area contributed by atoms with Gasteiger partial charge in [0.25, 0.3) is 0 Å². The maximum absolute atomic E-state index is 13.8. The van der Waals surface area contributed by atoms with Gasteiger partial charge in [-0.05, 0) is 62.9 Å². The normalized spacial score (nSPS) is 11.9. The Morgan fingerprint density at radius 1 is 0.535 bits per heavy atom. The summed E-state index contributed by atoms with van der Waals surface area (Å²) in [6, 6.07) is 41.9. The van der Waals surface area contributed by atoms with E-state index >= 15 is 0 Å². The number of aryl methyl sites for hydroxylation is 1. The number of nitrogens with one attached hydrogen (secondary N) is 1. The highest BCUT2D eigenvalue weighted by atomic mass is 32.2. The molecule has 0 heterocycles. The van der Waals surface area contributed by atoms with E-state index in [0.717, 1.165) is 38.9 Å². The van der Waals surface area contributed by atoms with Crippen LogP contribution < -0.4 is 4.72 Å². The first-order valence-corrected chi connectivity index (χ1v) is 15.1.